The van der Waals surface area contributed by atoms with Gasteiger partial charge in [0.25, 0.3) is 0 Å². The van der Waals surface area contributed by atoms with Crippen molar-refractivity contribution < 1.29 is 9.47 Å². The van der Waals surface area contributed by atoms with Gasteiger partial charge in [-0.2, -0.15) is 5.10 Å². The zero-order valence-electron chi connectivity index (χ0n) is 11.3. The number of hydrogen-bond acceptors (Lipinski definition) is 4. The minimum Gasteiger partial charge on any atom is -0.497 e. The number of nitrogens with two attached hydrogens (primary N) is 1. The molecule has 0 bridgehead atoms. The molecule has 0 atom stereocenters. The van der Waals surface area contributed by atoms with Gasteiger partial charge >= 0.3 is 0 Å². The van der Waals surface area contributed by atoms with E-state index in [1.807, 2.05) is 42.2 Å². The summed E-state index contributed by atoms with van der Waals surface area (Å²) in [6, 6.07) is 5.68. The van der Waals surface area contributed by atoms with Crippen LogP contribution in [0.15, 0.2) is 30.6 Å². The summed E-state index contributed by atoms with van der Waals surface area (Å²) < 4.78 is 12.8. The van der Waals surface area contributed by atoms with Crippen molar-refractivity contribution in [3.05, 3.63) is 41.7 Å². The van der Waals surface area contributed by atoms with Gasteiger partial charge in [-0.15, -0.1) is 0 Å². The predicted octanol–water partition coefficient (Wildman–Crippen LogP) is 1.95. The summed E-state index contributed by atoms with van der Waals surface area (Å²) in [4.78, 5) is 0. The van der Waals surface area contributed by atoms with Crippen LogP contribution in [-0.2, 0) is 19.7 Å². The summed E-state index contributed by atoms with van der Waals surface area (Å²) in [5, 5.41) is 4.21. The van der Waals surface area contributed by atoms with Crippen molar-refractivity contribution in [2.45, 2.75) is 26.6 Å². The maximum absolute atomic E-state index is 5.75. The Morgan fingerprint density at radius 2 is 2.00 bits per heavy atom. The van der Waals surface area contributed by atoms with E-state index >= 15 is 0 Å². The lowest BCUT2D eigenvalue weighted by molar-refractivity contribution is 0.303. The third-order valence-electron chi connectivity index (χ3n) is 2.83. The zero-order valence-corrected chi connectivity index (χ0v) is 11.3. The molecule has 0 fully saturated rings. The van der Waals surface area contributed by atoms with Crippen LogP contribution in [0.5, 0.6) is 11.5 Å². The monoisotopic (exact) mass is 261 g/mol. The summed E-state index contributed by atoms with van der Waals surface area (Å²) in [6.07, 6.45) is 3.79. The Hall–Kier alpha value is -2.01. The molecule has 19 heavy (non-hydrogen) atoms. The van der Waals surface area contributed by atoms with Gasteiger partial charge in [-0.05, 0) is 24.6 Å². The van der Waals surface area contributed by atoms with Crippen LogP contribution in [0, 0.1) is 0 Å². The molecule has 0 radical (unpaired) electrons. The van der Waals surface area contributed by atoms with Crippen molar-refractivity contribution in [1.82, 2.24) is 9.78 Å². The van der Waals surface area contributed by atoms with Crippen LogP contribution in [0.4, 0.5) is 0 Å². The Morgan fingerprint density at radius 3 is 2.63 bits per heavy atom. The summed E-state index contributed by atoms with van der Waals surface area (Å²) in [6.45, 7) is 3.85. The molecule has 0 unspecified atom stereocenters. The molecule has 1 aromatic heterocycles. The van der Waals surface area contributed by atoms with Crippen molar-refractivity contribution in [2.24, 2.45) is 5.73 Å². The number of methoxy groups -OCH3 is 1. The molecule has 0 amide bonds. The molecule has 0 saturated heterocycles. The Morgan fingerprint density at radius 1 is 1.21 bits per heavy atom. The maximum Gasteiger partial charge on any atom is 0.123 e. The van der Waals surface area contributed by atoms with Crippen molar-refractivity contribution in [2.75, 3.05) is 7.11 Å². The number of rotatable bonds is 6. The number of hydrogen-bond donors (Lipinski definition) is 1. The molecule has 5 heteroatoms. The number of aromatic nitrogens is 2. The van der Waals surface area contributed by atoms with Crippen molar-refractivity contribution in [3.63, 3.8) is 0 Å². The van der Waals surface area contributed by atoms with Crippen molar-refractivity contribution in [3.8, 4) is 11.5 Å². The van der Waals surface area contributed by atoms with Gasteiger partial charge in [0.05, 0.1) is 13.3 Å². The van der Waals surface area contributed by atoms with Crippen LogP contribution in [-0.4, -0.2) is 16.9 Å². The standard InChI is InChI=1S/C14H19N3O2/c1-3-17-9-12(8-16-17)10-19-14-5-11(7-15)4-13(6-14)18-2/h4-6,8-9H,3,7,10,15H2,1-2H3. The van der Waals surface area contributed by atoms with Crippen LogP contribution in [0.3, 0.4) is 0 Å². The molecular weight excluding hydrogens is 242 g/mol. The average Bonchev–Trinajstić information content (AvgIpc) is 2.92. The highest BCUT2D eigenvalue weighted by molar-refractivity contribution is 5.38. The Balaban J connectivity index is 2.05. The summed E-state index contributed by atoms with van der Waals surface area (Å²) in [5.74, 6) is 1.51. The van der Waals surface area contributed by atoms with Gasteiger partial charge in [-0.25, -0.2) is 0 Å². The fraction of sp³-hybridized carbons (Fsp3) is 0.357. The first-order valence-electron chi connectivity index (χ1n) is 6.27. The lowest BCUT2D eigenvalue weighted by Gasteiger charge is -2.09. The lowest BCUT2D eigenvalue weighted by atomic mass is 10.2. The number of nitrogens with zero attached hydrogens (tertiary/aromatic N) is 2. The molecule has 0 aliphatic rings. The second kappa shape index (κ2) is 6.24. The molecule has 0 saturated carbocycles. The van der Waals surface area contributed by atoms with Gasteiger partial charge in [-0.1, -0.05) is 0 Å². The fourth-order valence-electron chi connectivity index (χ4n) is 1.77. The van der Waals surface area contributed by atoms with Crippen molar-refractivity contribution in [1.29, 1.82) is 0 Å². The fourth-order valence-corrected chi connectivity index (χ4v) is 1.77. The van der Waals surface area contributed by atoms with E-state index in [0.717, 1.165) is 29.2 Å². The average molecular weight is 261 g/mol. The zero-order chi connectivity index (χ0) is 13.7. The summed E-state index contributed by atoms with van der Waals surface area (Å²) >= 11 is 0. The van der Waals surface area contributed by atoms with Gasteiger partial charge in [0, 0.05) is 30.9 Å². The molecule has 102 valence electrons. The van der Waals surface area contributed by atoms with Crippen LogP contribution < -0.4 is 15.2 Å². The maximum atomic E-state index is 5.75. The normalized spacial score (nSPS) is 10.5. The SMILES string of the molecule is CCn1cc(COc2cc(CN)cc(OC)c2)cn1. The van der Waals surface area contributed by atoms with Crippen molar-refractivity contribution >= 4 is 0 Å². The second-order valence-corrected chi connectivity index (χ2v) is 4.21. The molecule has 2 N–H and O–H groups in total. The third kappa shape index (κ3) is 3.48. The topological polar surface area (TPSA) is 62.3 Å². The minimum atomic E-state index is 0.460. The summed E-state index contributed by atoms with van der Waals surface area (Å²) in [7, 11) is 1.63. The highest BCUT2D eigenvalue weighted by atomic mass is 16.5. The van der Waals surface area contributed by atoms with E-state index in [1.165, 1.54) is 0 Å². The van der Waals surface area contributed by atoms with Gasteiger partial charge in [-0.3, -0.25) is 4.68 Å². The first-order chi connectivity index (χ1) is 9.25. The van der Waals surface area contributed by atoms with E-state index in [2.05, 4.69) is 5.10 Å². The minimum absolute atomic E-state index is 0.460. The number of benzene rings is 1. The quantitative estimate of drug-likeness (QED) is 0.863. The molecule has 2 aromatic rings. The van der Waals surface area contributed by atoms with E-state index in [1.54, 1.807) is 7.11 Å². The van der Waals surface area contributed by atoms with Crippen LogP contribution >= 0.6 is 0 Å². The lowest BCUT2D eigenvalue weighted by Crippen LogP contribution is -2.00. The van der Waals surface area contributed by atoms with Gasteiger partial charge in [0.15, 0.2) is 0 Å². The Kier molecular flexibility index (Phi) is 4.41. The highest BCUT2D eigenvalue weighted by Gasteiger charge is 2.03. The molecule has 5 nitrogen and oxygen atoms in total. The number of aryl methyl sites for hydroxylation is 1. The van der Waals surface area contributed by atoms with E-state index in [-0.39, 0.29) is 0 Å². The van der Waals surface area contributed by atoms with E-state index in [4.69, 9.17) is 15.2 Å². The Bertz CT molecular complexity index is 515. The first-order valence-corrected chi connectivity index (χ1v) is 6.27. The molecule has 0 aliphatic heterocycles. The van der Waals surface area contributed by atoms with Crippen LogP contribution in [0.1, 0.15) is 18.1 Å². The van der Waals surface area contributed by atoms with E-state index < -0.39 is 0 Å². The molecule has 0 aliphatic carbocycles. The third-order valence-corrected chi connectivity index (χ3v) is 2.83. The van der Waals surface area contributed by atoms with E-state index in [0.29, 0.717) is 13.2 Å². The number of ether oxygens (including phenoxy) is 2. The van der Waals surface area contributed by atoms with Crippen LogP contribution in [0.25, 0.3) is 0 Å². The second-order valence-electron chi connectivity index (χ2n) is 4.21. The smallest absolute Gasteiger partial charge is 0.123 e. The van der Waals surface area contributed by atoms with Crippen LogP contribution in [0.2, 0.25) is 0 Å². The molecule has 0 spiro atoms. The molecular formula is C14H19N3O2. The Labute approximate surface area is 112 Å². The first kappa shape index (κ1) is 13.4. The van der Waals surface area contributed by atoms with Gasteiger partial charge < -0.3 is 15.2 Å². The van der Waals surface area contributed by atoms with Gasteiger partial charge in [0.2, 0.25) is 0 Å². The van der Waals surface area contributed by atoms with E-state index in [9.17, 15) is 0 Å². The highest BCUT2D eigenvalue weighted by Crippen LogP contribution is 2.23. The predicted molar refractivity (Wildman–Crippen MR) is 73.1 cm³/mol. The molecule has 1 aromatic carbocycles. The molecule has 2 rings (SSSR count). The largest absolute Gasteiger partial charge is 0.497 e. The molecule has 1 heterocycles. The van der Waals surface area contributed by atoms with Gasteiger partial charge in [0.1, 0.15) is 18.1 Å². The summed E-state index contributed by atoms with van der Waals surface area (Å²) in [5.41, 5.74) is 7.67.